The topological polar surface area (TPSA) is 66.5 Å². The van der Waals surface area contributed by atoms with E-state index in [2.05, 4.69) is 29.1 Å². The molecule has 0 amide bonds. The lowest BCUT2D eigenvalue weighted by atomic mass is 9.72. The van der Waals surface area contributed by atoms with Gasteiger partial charge in [0.15, 0.2) is 11.5 Å². The Balaban J connectivity index is 2.11. The molecule has 2 aromatic rings. The molecule has 144 valence electrons. The maximum Gasteiger partial charge on any atom is 0.453 e. The van der Waals surface area contributed by atoms with Gasteiger partial charge in [-0.1, -0.05) is 13.8 Å². The van der Waals surface area contributed by atoms with Crippen LogP contribution in [0.15, 0.2) is 0 Å². The first kappa shape index (κ1) is 18.9. The van der Waals surface area contributed by atoms with Crippen molar-refractivity contribution < 1.29 is 18.3 Å². The van der Waals surface area contributed by atoms with Crippen molar-refractivity contribution in [1.29, 1.82) is 0 Å². The number of hydrogen-bond acceptors (Lipinski definition) is 5. The van der Waals surface area contributed by atoms with Crippen LogP contribution in [0.5, 0.6) is 0 Å². The second-order valence-electron chi connectivity index (χ2n) is 7.53. The zero-order valence-electron chi connectivity index (χ0n) is 15.4. The largest absolute Gasteiger partial charge is 0.453 e. The number of alkyl halides is 3. The monoisotopic (exact) mass is 371 g/mol. The normalized spacial score (nSPS) is 21.8. The molecular formula is C17H24F3N5O. The summed E-state index contributed by atoms with van der Waals surface area (Å²) < 4.78 is 40.5. The number of hydrogen-bond donors (Lipinski definition) is 1. The highest BCUT2D eigenvalue weighted by atomic mass is 19.4. The fraction of sp³-hybridized carbons (Fsp3) is 0.706. The fourth-order valence-corrected chi connectivity index (χ4v) is 3.71. The van der Waals surface area contributed by atoms with Crippen LogP contribution in [0.1, 0.15) is 43.6 Å². The second-order valence-corrected chi connectivity index (χ2v) is 7.53. The van der Waals surface area contributed by atoms with Crippen LogP contribution in [-0.2, 0) is 6.18 Å². The van der Waals surface area contributed by atoms with Gasteiger partial charge in [-0.3, -0.25) is 0 Å². The molecule has 1 unspecified atom stereocenters. The zero-order chi connectivity index (χ0) is 19.3. The maximum absolute atomic E-state index is 13.2. The number of aliphatic hydroxyl groups is 1. The number of halogens is 3. The summed E-state index contributed by atoms with van der Waals surface area (Å²) in [6.45, 7) is 8.99. The smallest absolute Gasteiger partial charge is 0.396 e. The van der Waals surface area contributed by atoms with Gasteiger partial charge in [0.1, 0.15) is 0 Å². The highest BCUT2D eigenvalue weighted by Crippen LogP contribution is 2.39. The van der Waals surface area contributed by atoms with E-state index in [0.29, 0.717) is 24.5 Å². The number of piperidine rings is 1. The van der Waals surface area contributed by atoms with Crippen molar-refractivity contribution in [2.24, 2.45) is 11.3 Å². The average Bonchev–Trinajstić information content (AvgIpc) is 3.02. The summed E-state index contributed by atoms with van der Waals surface area (Å²) in [5, 5.41) is 21.2. The molecule has 0 aromatic carbocycles. The Labute approximate surface area is 150 Å². The average molecular weight is 371 g/mol. The highest BCUT2D eigenvalue weighted by molar-refractivity contribution is 5.59. The molecule has 0 saturated carbocycles. The first-order valence-electron chi connectivity index (χ1n) is 8.76. The molecule has 1 fully saturated rings. The van der Waals surface area contributed by atoms with Crippen LogP contribution in [-0.4, -0.2) is 44.6 Å². The van der Waals surface area contributed by atoms with Gasteiger partial charge in [0.25, 0.3) is 5.82 Å². The van der Waals surface area contributed by atoms with Gasteiger partial charge in [-0.2, -0.15) is 17.7 Å². The Morgan fingerprint density at radius 3 is 2.46 bits per heavy atom. The van der Waals surface area contributed by atoms with E-state index in [-0.39, 0.29) is 23.6 Å². The first-order valence-corrected chi connectivity index (χ1v) is 8.76. The van der Waals surface area contributed by atoms with Crippen molar-refractivity contribution in [3.8, 4) is 0 Å². The number of aromatic nitrogens is 4. The molecule has 6 nitrogen and oxygen atoms in total. The molecule has 3 rings (SSSR count). The summed E-state index contributed by atoms with van der Waals surface area (Å²) in [6, 6.07) is 0. The first-order chi connectivity index (χ1) is 12.1. The van der Waals surface area contributed by atoms with Crippen LogP contribution >= 0.6 is 0 Å². The number of aliphatic hydroxyl groups excluding tert-OH is 1. The summed E-state index contributed by atoms with van der Waals surface area (Å²) >= 11 is 0. The van der Waals surface area contributed by atoms with Gasteiger partial charge in [0.05, 0.1) is 6.61 Å². The van der Waals surface area contributed by atoms with Gasteiger partial charge in [-0.15, -0.1) is 15.3 Å². The minimum Gasteiger partial charge on any atom is -0.396 e. The van der Waals surface area contributed by atoms with Crippen molar-refractivity contribution in [3.63, 3.8) is 0 Å². The van der Waals surface area contributed by atoms with E-state index in [4.69, 9.17) is 0 Å². The quantitative estimate of drug-likeness (QED) is 0.899. The van der Waals surface area contributed by atoms with E-state index in [1.54, 1.807) is 6.92 Å². The van der Waals surface area contributed by atoms with Gasteiger partial charge in [-0.05, 0) is 32.6 Å². The van der Waals surface area contributed by atoms with Crippen molar-refractivity contribution in [2.45, 2.75) is 46.7 Å². The molecule has 9 heteroatoms. The molecule has 1 aliphatic rings. The van der Waals surface area contributed by atoms with Gasteiger partial charge in [0.2, 0.25) is 0 Å². The van der Waals surface area contributed by atoms with E-state index in [0.717, 1.165) is 22.9 Å². The molecule has 0 spiro atoms. The highest BCUT2D eigenvalue weighted by Gasteiger charge is 2.40. The predicted octanol–water partition coefficient (Wildman–Crippen LogP) is 2.99. The van der Waals surface area contributed by atoms with Crippen molar-refractivity contribution in [1.82, 2.24) is 19.8 Å². The Morgan fingerprint density at radius 2 is 1.88 bits per heavy atom. The van der Waals surface area contributed by atoms with Gasteiger partial charge in [-0.25, -0.2) is 0 Å². The second kappa shape index (κ2) is 6.37. The number of nitrogens with zero attached hydrogens (tertiary/aromatic N) is 5. The lowest BCUT2D eigenvalue weighted by Gasteiger charge is -2.45. The van der Waals surface area contributed by atoms with Crippen LogP contribution in [0.2, 0.25) is 0 Å². The van der Waals surface area contributed by atoms with Crippen LogP contribution in [0.3, 0.4) is 0 Å². The number of rotatable bonds is 3. The lowest BCUT2D eigenvalue weighted by molar-refractivity contribution is -0.146. The third kappa shape index (κ3) is 2.91. The Hall–Kier alpha value is -1.90. The zero-order valence-corrected chi connectivity index (χ0v) is 15.4. The Kier molecular flexibility index (Phi) is 4.62. The lowest BCUT2D eigenvalue weighted by Crippen LogP contribution is -2.49. The standard InChI is InChI=1S/C17H24F3N5O/c1-10(2)16(9-26)6-5-7-24(8-16)14-12(4)11(3)13-21-22-15(17(18,19)20)25(13)23-14/h10,26H,5-9H2,1-4H3. The molecule has 1 atom stereocenters. The van der Waals surface area contributed by atoms with Crippen molar-refractivity contribution in [2.75, 3.05) is 24.6 Å². The van der Waals surface area contributed by atoms with Crippen molar-refractivity contribution >= 4 is 11.5 Å². The molecule has 1 saturated heterocycles. The minimum atomic E-state index is -4.62. The number of aryl methyl sites for hydroxylation is 1. The fourth-order valence-electron chi connectivity index (χ4n) is 3.71. The third-order valence-corrected chi connectivity index (χ3v) is 5.77. The summed E-state index contributed by atoms with van der Waals surface area (Å²) in [5.74, 6) is -0.370. The Bertz CT molecular complexity index is 817. The SMILES string of the molecule is Cc1c(N2CCCC(CO)(C(C)C)C2)nn2c(C(F)(F)F)nnc2c1C. The number of anilines is 1. The van der Waals surface area contributed by atoms with Crippen LogP contribution < -0.4 is 4.90 Å². The van der Waals surface area contributed by atoms with Gasteiger partial charge in [0, 0.05) is 29.6 Å². The molecule has 26 heavy (non-hydrogen) atoms. The maximum atomic E-state index is 13.2. The van der Waals surface area contributed by atoms with Gasteiger partial charge >= 0.3 is 6.18 Å². The molecule has 0 aliphatic carbocycles. The summed E-state index contributed by atoms with van der Waals surface area (Å²) in [5.41, 5.74) is 1.25. The van der Waals surface area contributed by atoms with Crippen LogP contribution in [0, 0.1) is 25.2 Å². The summed E-state index contributed by atoms with van der Waals surface area (Å²) in [6.07, 6.45) is -2.89. The van der Waals surface area contributed by atoms with Crippen LogP contribution in [0.4, 0.5) is 19.0 Å². The Morgan fingerprint density at radius 1 is 1.19 bits per heavy atom. The van der Waals surface area contributed by atoms with E-state index in [9.17, 15) is 18.3 Å². The molecule has 3 heterocycles. The summed E-state index contributed by atoms with van der Waals surface area (Å²) in [7, 11) is 0. The van der Waals surface area contributed by atoms with E-state index >= 15 is 0 Å². The van der Waals surface area contributed by atoms with E-state index in [1.165, 1.54) is 0 Å². The van der Waals surface area contributed by atoms with Gasteiger partial charge < -0.3 is 10.0 Å². The third-order valence-electron chi connectivity index (χ3n) is 5.77. The number of fused-ring (bicyclic) bond motifs is 1. The molecule has 0 bridgehead atoms. The van der Waals surface area contributed by atoms with Crippen molar-refractivity contribution in [3.05, 3.63) is 17.0 Å². The molecule has 0 radical (unpaired) electrons. The van der Waals surface area contributed by atoms with Crippen LogP contribution in [0.25, 0.3) is 5.65 Å². The molecule has 1 N–H and O–H groups in total. The predicted molar refractivity (Wildman–Crippen MR) is 91.1 cm³/mol. The van der Waals surface area contributed by atoms with E-state index in [1.807, 2.05) is 11.8 Å². The molecular weight excluding hydrogens is 347 g/mol. The molecule has 2 aromatic heterocycles. The van der Waals surface area contributed by atoms with E-state index < -0.39 is 12.0 Å². The summed E-state index contributed by atoms with van der Waals surface area (Å²) in [4.78, 5) is 1.99. The molecule has 1 aliphatic heterocycles. The minimum absolute atomic E-state index is 0.0435.